The number of carboxylic acids is 3. The van der Waals surface area contributed by atoms with E-state index >= 15 is 0 Å². The molecule has 4 aromatic heterocycles. The third-order valence-electron chi connectivity index (χ3n) is 33.9. The number of benzene rings is 7. The summed E-state index contributed by atoms with van der Waals surface area (Å²) in [6.07, 6.45) is 16.2. The number of aliphatic hydroxyl groups excluding tert-OH is 1. The molecule has 8 atom stereocenters. The zero-order valence-corrected chi connectivity index (χ0v) is 90.3. The first-order chi connectivity index (χ1) is 70.7. The molecular weight excluding hydrogens is 1970 g/mol. The van der Waals surface area contributed by atoms with E-state index < -0.39 is 28.7 Å². The number of halogens is 6. The van der Waals surface area contributed by atoms with Gasteiger partial charge in [-0.15, -0.1) is 0 Å². The molecule has 7 aromatic carbocycles. The van der Waals surface area contributed by atoms with Crippen molar-refractivity contribution in [3.8, 4) is 0 Å². The molecule has 780 valence electrons. The second-order valence-electron chi connectivity index (χ2n) is 44.5. The lowest BCUT2D eigenvalue weighted by atomic mass is 9.65. The van der Waals surface area contributed by atoms with Gasteiger partial charge in [-0.1, -0.05) is 148 Å². The maximum Gasteiger partial charge on any atom is 0.309 e. The molecule has 12 heterocycles. The number of aliphatic carboxylic acids is 3. The van der Waals surface area contributed by atoms with Crippen LogP contribution in [0.15, 0.2) is 152 Å². The Morgan fingerprint density at radius 2 is 0.694 bits per heavy atom. The van der Waals surface area contributed by atoms with Gasteiger partial charge in [0, 0.05) is 144 Å². The highest BCUT2D eigenvalue weighted by Gasteiger charge is 2.53. The molecule has 22 rings (SSSR count). The van der Waals surface area contributed by atoms with Crippen LogP contribution in [0.25, 0.3) is 32.7 Å². The molecule has 3 saturated carbocycles. The number of carbonyl (C=O) groups is 3. The van der Waals surface area contributed by atoms with E-state index in [0.717, 1.165) is 272 Å². The number of para-hydroxylation sites is 3. The van der Waals surface area contributed by atoms with E-state index in [9.17, 15) is 34.8 Å². The predicted octanol–water partition coefficient (Wildman–Crippen LogP) is 22.9. The van der Waals surface area contributed by atoms with E-state index in [1.807, 2.05) is 120 Å². The SMILES string of the molecule is C[C@@H](Nc1nc(N2CC([C@H]3CCCN(C4CC(C(=O)O)C4)C3)C2)nc2ccccc12)c1ccc(Cl)cc1Cl.Cc1ccc([C@@H](C)Nc2nc(N3CC([C@H]4CCCN(C5CC(C)(C(=O)O)C5)C4)C3)nc3ccccc23)c(Cl)c1.Cc1ccc([C@@H](C)Nc2nc(N3CC([C@H]4CCCN(C5CC(C)(C(=O)O)C5)C4)C3)ncc2Cl)c(Cl)c1.Cc1ccc([C@@H](C)Nc2nc(N3CC([C@H]4CCCN(CCO)C4)C3)nc3ccccc23)c(Cl)c1. The van der Waals surface area contributed by atoms with E-state index in [1.165, 1.54) is 51.4 Å². The molecule has 3 aliphatic carbocycles. The van der Waals surface area contributed by atoms with Crippen molar-refractivity contribution in [3.63, 3.8) is 0 Å². The van der Waals surface area contributed by atoms with Gasteiger partial charge in [0.05, 0.1) is 70.3 Å². The summed E-state index contributed by atoms with van der Waals surface area (Å²) >= 11 is 38.6. The first kappa shape index (κ1) is 105. The Morgan fingerprint density at radius 1 is 0.374 bits per heavy atom. The van der Waals surface area contributed by atoms with Crippen LogP contribution in [0.1, 0.15) is 195 Å². The molecule has 8 saturated heterocycles. The minimum atomic E-state index is -0.657. The highest BCUT2D eigenvalue weighted by molar-refractivity contribution is 6.35. The number of anilines is 8. The van der Waals surface area contributed by atoms with Crippen LogP contribution in [0, 0.1) is 84.9 Å². The number of likely N-dealkylation sites (tertiary alicyclic amines) is 4. The van der Waals surface area contributed by atoms with Crippen molar-refractivity contribution in [2.75, 3.05) is 159 Å². The molecule has 8 aliphatic heterocycles. The van der Waals surface area contributed by atoms with E-state index in [4.69, 9.17) is 104 Å². The van der Waals surface area contributed by atoms with Crippen molar-refractivity contribution in [2.45, 2.75) is 194 Å². The van der Waals surface area contributed by atoms with Crippen LogP contribution >= 0.6 is 69.6 Å². The Kier molecular flexibility index (Phi) is 32.8. The van der Waals surface area contributed by atoms with E-state index in [2.05, 4.69) is 148 Å². The summed E-state index contributed by atoms with van der Waals surface area (Å²) in [6, 6.07) is 49.6. The molecule has 0 spiro atoms. The maximum absolute atomic E-state index is 11.5. The first-order valence-electron chi connectivity index (χ1n) is 53.1. The maximum atomic E-state index is 11.5. The number of hydrogen-bond donors (Lipinski definition) is 8. The fourth-order valence-corrected chi connectivity index (χ4v) is 26.3. The Hall–Kier alpha value is -10.0. The number of piperidine rings is 4. The summed E-state index contributed by atoms with van der Waals surface area (Å²) in [7, 11) is 0. The Balaban J connectivity index is 0.000000124. The van der Waals surface area contributed by atoms with Crippen LogP contribution in [0.4, 0.5) is 47.1 Å². The summed E-state index contributed by atoms with van der Waals surface area (Å²) in [5.74, 6) is 9.17. The largest absolute Gasteiger partial charge is 0.481 e. The van der Waals surface area contributed by atoms with E-state index in [1.54, 1.807) is 12.3 Å². The van der Waals surface area contributed by atoms with Crippen molar-refractivity contribution in [1.29, 1.82) is 0 Å². The smallest absolute Gasteiger partial charge is 0.309 e. The Bertz CT molecular complexity index is 6550. The predicted molar refractivity (Wildman–Crippen MR) is 592 cm³/mol. The molecule has 0 unspecified atom stereocenters. The number of aromatic nitrogens is 8. The van der Waals surface area contributed by atoms with Crippen molar-refractivity contribution in [1.82, 2.24) is 59.5 Å². The van der Waals surface area contributed by atoms with Crippen molar-refractivity contribution in [3.05, 3.63) is 221 Å². The van der Waals surface area contributed by atoms with Crippen LogP contribution in [-0.4, -0.2) is 234 Å². The second-order valence-corrected chi connectivity index (χ2v) is 47.0. The van der Waals surface area contributed by atoms with E-state index in [0.29, 0.717) is 92.3 Å². The fraction of sp³-hybridized carbons (Fsp3) is 0.518. The Morgan fingerprint density at radius 3 is 1.04 bits per heavy atom. The lowest BCUT2D eigenvalue weighted by molar-refractivity contribution is -0.159. The quantitative estimate of drug-likeness (QED) is 0.0226. The van der Waals surface area contributed by atoms with Crippen molar-refractivity contribution < 1.29 is 34.8 Å². The van der Waals surface area contributed by atoms with Crippen LogP contribution in [0.5, 0.6) is 0 Å². The molecule has 11 aliphatic rings. The zero-order valence-electron chi connectivity index (χ0n) is 85.7. The Labute approximate surface area is 893 Å². The fourth-order valence-electron chi connectivity index (χ4n) is 24.4. The summed E-state index contributed by atoms with van der Waals surface area (Å²) in [5.41, 5.74) is 9.23. The highest BCUT2D eigenvalue weighted by atomic mass is 35.5. The average molecular weight is 2120 g/mol. The topological polar surface area (TPSA) is 309 Å². The molecule has 27 nitrogen and oxygen atoms in total. The number of β-amino-alcohol motifs (C(OH)–C–C–N with tert-alkyl or cyclic N) is 1. The van der Waals surface area contributed by atoms with Crippen LogP contribution in [0.3, 0.4) is 0 Å². The average Bonchev–Trinajstić information content (AvgIpc) is 0.781. The molecule has 147 heavy (non-hydrogen) atoms. The van der Waals surface area contributed by atoms with Crippen LogP contribution in [0.2, 0.25) is 30.1 Å². The minimum absolute atomic E-state index is 0.00361. The summed E-state index contributed by atoms with van der Waals surface area (Å²) < 4.78 is 0. The van der Waals surface area contributed by atoms with Gasteiger partial charge in [-0.05, 0) is 331 Å². The van der Waals surface area contributed by atoms with Gasteiger partial charge in [-0.25, -0.2) is 19.9 Å². The van der Waals surface area contributed by atoms with Crippen LogP contribution < -0.4 is 40.9 Å². The normalized spacial score (nSPS) is 25.0. The van der Waals surface area contributed by atoms with E-state index in [-0.39, 0.29) is 36.7 Å². The number of nitrogens with one attached hydrogen (secondary N) is 4. The van der Waals surface area contributed by atoms with Gasteiger partial charge >= 0.3 is 17.9 Å². The third-order valence-corrected chi connectivity index (χ3v) is 35.7. The lowest BCUT2D eigenvalue weighted by Crippen LogP contribution is -2.58. The van der Waals surface area contributed by atoms with Gasteiger partial charge in [0.25, 0.3) is 0 Å². The van der Waals surface area contributed by atoms with Gasteiger partial charge in [0.15, 0.2) is 5.82 Å². The minimum Gasteiger partial charge on any atom is -0.481 e. The third kappa shape index (κ3) is 24.0. The van der Waals surface area contributed by atoms with Crippen molar-refractivity contribution >= 4 is 167 Å². The first-order valence-corrected chi connectivity index (χ1v) is 55.3. The number of carboxylic acid groups (broad SMARTS) is 3. The number of aryl methyl sites for hydroxylation is 3. The molecule has 11 fully saturated rings. The summed E-state index contributed by atoms with van der Waals surface area (Å²) in [5, 5.41) is 58.7. The second kappa shape index (κ2) is 45.6. The van der Waals surface area contributed by atoms with Crippen LogP contribution in [-0.2, 0) is 14.4 Å². The molecule has 0 bridgehead atoms. The van der Waals surface area contributed by atoms with Crippen molar-refractivity contribution in [2.24, 2.45) is 64.1 Å². The molecule has 0 radical (unpaired) electrons. The molecule has 11 aromatic rings. The van der Waals surface area contributed by atoms with Gasteiger partial charge in [-0.2, -0.15) is 19.9 Å². The monoisotopic (exact) mass is 2110 g/mol. The molecule has 8 N–H and O–H groups in total. The number of hydrogen-bond acceptors (Lipinski definition) is 24. The standard InChI is InChI=1S/C31H38ClN5O2.C29H33Cl2N5O2.C27H35Cl2N5O2.C27H34ClN5O/c1-19-10-11-24(26(32)13-19)20(2)33-28-25-8-4-5-9-27(25)34-30(35-28)37-17-22(18-37)21-7-6-12-36(16-21)23-14-31(3,15-23)29(38)39;1-17(23-9-8-21(30)13-25(23)31)32-27-24-6-2-3-7-26(24)33-29(34-27)36-15-20(16-36)18-5-4-10-35(14-18)22-11-19(12-22)28(37)38;1-16-6-7-21(22(28)9-16)17(2)31-24-23(29)12-30-26(32-24)34-14-19(15-34)18-5-4-8-33(13-18)20-10-27(3,11-20)25(35)36;1-18-9-10-22(24(28)14-18)19(2)29-26-23-7-3-4-8-25(23)30-27(31-26)33-16-21(17-33)20-6-5-11-32(15-20)12-13-34/h4-5,8-11,13,20-23H,6-7,12,14-18H2,1-3H3,(H,38,39)(H,33,34,35);2-3,6-9,13,17-20,22H,4-5,10-12,14-16H2,1H3,(H,37,38)(H,32,33,34);6-7,9,12,17-20H,4-5,8,10-11,13-15H2,1-3H3,(H,35,36)(H,30,31,32);3-4,7-10,14,19-21,34H,5-6,11-13,15-17H2,1-2H3,(H,29,30,31)/t20-,21+,23?,31?;17-,18+,19?,22?;17-,18+,20?,27?;19-,20+/m1111/s1. The zero-order chi connectivity index (χ0) is 103. The number of nitrogens with zero attached hydrogens (tertiary/aromatic N) is 16. The summed E-state index contributed by atoms with van der Waals surface area (Å²) in [6.45, 7) is 35.7. The number of fused-ring (bicyclic) bond motifs is 3. The summed E-state index contributed by atoms with van der Waals surface area (Å²) in [4.78, 5) is 92.3. The van der Waals surface area contributed by atoms with Gasteiger partial charge < -0.3 is 80.9 Å². The molecular formula is C114H140Cl6N20O7. The van der Waals surface area contributed by atoms with Gasteiger partial charge in [-0.3, -0.25) is 14.4 Å². The number of rotatable bonds is 28. The van der Waals surface area contributed by atoms with Gasteiger partial charge in [0.2, 0.25) is 23.8 Å². The molecule has 0 amide bonds. The highest BCUT2D eigenvalue weighted by Crippen LogP contribution is 2.50. The van der Waals surface area contributed by atoms with Gasteiger partial charge in [0.1, 0.15) is 22.5 Å². The molecule has 33 heteroatoms. The number of aliphatic hydroxyl groups is 1. The lowest BCUT2D eigenvalue weighted by Gasteiger charge is -2.52.